The second-order valence-corrected chi connectivity index (χ2v) is 7.03. The van der Waals surface area contributed by atoms with Crippen LogP contribution in [-0.4, -0.2) is 8.42 Å². The van der Waals surface area contributed by atoms with E-state index in [1.54, 1.807) is 18.2 Å². The fraction of sp³-hybridized carbons (Fsp3) is 0.200. The third-order valence-corrected chi connectivity index (χ3v) is 4.50. The van der Waals surface area contributed by atoms with Crippen molar-refractivity contribution in [2.45, 2.75) is 25.2 Å². The van der Waals surface area contributed by atoms with Crippen LogP contribution in [0.4, 0.5) is 0 Å². The molecule has 0 aliphatic heterocycles. The molecular formula is C15H15ClO2S. The van der Waals surface area contributed by atoms with Crippen LogP contribution < -0.4 is 0 Å². The van der Waals surface area contributed by atoms with Gasteiger partial charge >= 0.3 is 0 Å². The van der Waals surface area contributed by atoms with Gasteiger partial charge in [0.25, 0.3) is 9.05 Å². The highest BCUT2D eigenvalue weighted by Gasteiger charge is 2.11. The summed E-state index contributed by atoms with van der Waals surface area (Å²) >= 11 is 0. The lowest BCUT2D eigenvalue weighted by molar-refractivity contribution is 0.609. The quantitative estimate of drug-likeness (QED) is 0.797. The van der Waals surface area contributed by atoms with Crippen molar-refractivity contribution < 1.29 is 8.42 Å². The fourth-order valence-electron chi connectivity index (χ4n) is 2.03. The summed E-state index contributed by atoms with van der Waals surface area (Å²) in [7, 11) is 1.68. The summed E-state index contributed by atoms with van der Waals surface area (Å²) in [5.74, 6) is 0. The molecule has 2 rings (SSSR count). The summed E-state index contributed by atoms with van der Waals surface area (Å²) in [6, 6.07) is 13.2. The molecule has 0 atom stereocenters. The Morgan fingerprint density at radius 2 is 1.68 bits per heavy atom. The lowest BCUT2D eigenvalue weighted by atomic mass is 9.99. The van der Waals surface area contributed by atoms with E-state index in [1.807, 2.05) is 6.92 Å². The van der Waals surface area contributed by atoms with Gasteiger partial charge in [0.05, 0.1) is 4.90 Å². The Bertz CT molecular complexity index is 689. The number of rotatable bonds is 3. The van der Waals surface area contributed by atoms with Gasteiger partial charge in [-0.1, -0.05) is 37.3 Å². The Labute approximate surface area is 118 Å². The second-order valence-electron chi connectivity index (χ2n) is 4.47. The van der Waals surface area contributed by atoms with Gasteiger partial charge < -0.3 is 0 Å². The molecule has 19 heavy (non-hydrogen) atoms. The van der Waals surface area contributed by atoms with E-state index >= 15 is 0 Å². The summed E-state index contributed by atoms with van der Waals surface area (Å²) in [5.41, 5.74) is 4.27. The van der Waals surface area contributed by atoms with Crippen molar-refractivity contribution in [3.63, 3.8) is 0 Å². The molecule has 0 spiro atoms. The van der Waals surface area contributed by atoms with Crippen LogP contribution >= 0.6 is 10.7 Å². The normalized spacial score (nSPS) is 11.5. The molecule has 0 bridgehead atoms. The van der Waals surface area contributed by atoms with Crippen molar-refractivity contribution >= 4 is 19.7 Å². The first kappa shape index (κ1) is 14.1. The van der Waals surface area contributed by atoms with Crippen LogP contribution in [0.15, 0.2) is 47.4 Å². The third kappa shape index (κ3) is 3.17. The molecule has 0 radical (unpaired) electrons. The highest BCUT2D eigenvalue weighted by atomic mass is 35.7. The van der Waals surface area contributed by atoms with Gasteiger partial charge in [-0.3, -0.25) is 0 Å². The summed E-state index contributed by atoms with van der Waals surface area (Å²) < 4.78 is 22.6. The lowest BCUT2D eigenvalue weighted by Gasteiger charge is -2.08. The van der Waals surface area contributed by atoms with Crippen LogP contribution in [0.3, 0.4) is 0 Å². The fourth-order valence-corrected chi connectivity index (χ4v) is 2.87. The molecule has 2 aromatic carbocycles. The van der Waals surface area contributed by atoms with Crippen molar-refractivity contribution in [1.29, 1.82) is 0 Å². The first-order valence-electron chi connectivity index (χ1n) is 6.06. The molecule has 0 saturated carbocycles. The number of aryl methyl sites for hydroxylation is 2. The van der Waals surface area contributed by atoms with E-state index in [2.05, 4.69) is 31.2 Å². The molecule has 4 heteroatoms. The minimum Gasteiger partial charge on any atom is -0.207 e. The molecule has 0 heterocycles. The van der Waals surface area contributed by atoms with Gasteiger partial charge in [-0.2, -0.15) is 0 Å². The van der Waals surface area contributed by atoms with Gasteiger partial charge in [0.1, 0.15) is 0 Å². The van der Waals surface area contributed by atoms with Gasteiger partial charge in [-0.05, 0) is 47.7 Å². The van der Waals surface area contributed by atoms with E-state index in [4.69, 9.17) is 10.7 Å². The van der Waals surface area contributed by atoms with Crippen LogP contribution in [0.2, 0.25) is 0 Å². The predicted octanol–water partition coefficient (Wildman–Crippen LogP) is 4.15. The summed E-state index contributed by atoms with van der Waals surface area (Å²) in [5, 5.41) is 0. The Hall–Kier alpha value is -1.32. The van der Waals surface area contributed by atoms with E-state index in [1.165, 1.54) is 5.56 Å². The highest BCUT2D eigenvalue weighted by Crippen LogP contribution is 2.27. The van der Waals surface area contributed by atoms with E-state index in [0.29, 0.717) is 0 Å². The Balaban J connectivity index is 2.46. The molecule has 100 valence electrons. The van der Waals surface area contributed by atoms with Crippen molar-refractivity contribution in [3.8, 4) is 11.1 Å². The van der Waals surface area contributed by atoms with Crippen LogP contribution in [0.5, 0.6) is 0 Å². The summed E-state index contributed by atoms with van der Waals surface area (Å²) in [6.07, 6.45) is 1.00. The van der Waals surface area contributed by atoms with Gasteiger partial charge in [0, 0.05) is 10.7 Å². The number of hydrogen-bond acceptors (Lipinski definition) is 2. The maximum atomic E-state index is 11.3. The topological polar surface area (TPSA) is 34.1 Å². The Kier molecular flexibility index (Phi) is 3.97. The van der Waals surface area contributed by atoms with E-state index in [-0.39, 0.29) is 4.90 Å². The number of benzene rings is 2. The maximum absolute atomic E-state index is 11.3. The van der Waals surface area contributed by atoms with Crippen molar-refractivity contribution in [2.24, 2.45) is 0 Å². The molecule has 0 aliphatic carbocycles. The molecule has 2 nitrogen and oxygen atoms in total. The molecule has 2 aromatic rings. The van der Waals surface area contributed by atoms with Gasteiger partial charge in [-0.15, -0.1) is 0 Å². The highest BCUT2D eigenvalue weighted by molar-refractivity contribution is 8.13. The summed E-state index contributed by atoms with van der Waals surface area (Å²) in [4.78, 5) is 0.139. The van der Waals surface area contributed by atoms with Crippen LogP contribution in [0.1, 0.15) is 18.1 Å². The minimum atomic E-state index is -3.66. The van der Waals surface area contributed by atoms with Crippen molar-refractivity contribution in [2.75, 3.05) is 0 Å². The zero-order valence-electron chi connectivity index (χ0n) is 10.9. The van der Waals surface area contributed by atoms with E-state index in [9.17, 15) is 8.42 Å². The standard InChI is InChI=1S/C15H15ClO2S/c1-3-12-4-6-13(7-5-12)15-9-8-14(10-11(15)2)19(16,17)18/h4-10H,3H2,1-2H3. The molecule has 0 saturated heterocycles. The molecule has 0 aliphatic rings. The molecule has 0 N–H and O–H groups in total. The van der Waals surface area contributed by atoms with Crippen LogP contribution in [0.25, 0.3) is 11.1 Å². The van der Waals surface area contributed by atoms with Gasteiger partial charge in [0.15, 0.2) is 0 Å². The van der Waals surface area contributed by atoms with Crippen molar-refractivity contribution in [3.05, 3.63) is 53.6 Å². The SMILES string of the molecule is CCc1ccc(-c2ccc(S(=O)(=O)Cl)cc2C)cc1. The largest absolute Gasteiger partial charge is 0.261 e. The van der Waals surface area contributed by atoms with Gasteiger partial charge in [0.2, 0.25) is 0 Å². The molecule has 0 amide bonds. The average molecular weight is 295 g/mol. The monoisotopic (exact) mass is 294 g/mol. The number of hydrogen-bond donors (Lipinski definition) is 0. The summed E-state index contributed by atoms with van der Waals surface area (Å²) in [6.45, 7) is 4.00. The smallest absolute Gasteiger partial charge is 0.207 e. The van der Waals surface area contributed by atoms with Crippen LogP contribution in [0, 0.1) is 6.92 Å². The zero-order valence-corrected chi connectivity index (χ0v) is 12.4. The number of halogens is 1. The lowest BCUT2D eigenvalue weighted by Crippen LogP contribution is -1.93. The second kappa shape index (κ2) is 5.35. The Morgan fingerprint density at radius 3 is 2.16 bits per heavy atom. The first-order chi connectivity index (χ1) is 8.91. The van der Waals surface area contributed by atoms with Gasteiger partial charge in [-0.25, -0.2) is 8.42 Å². The molecule has 0 unspecified atom stereocenters. The Morgan fingerprint density at radius 1 is 1.05 bits per heavy atom. The molecular weight excluding hydrogens is 280 g/mol. The zero-order chi connectivity index (χ0) is 14.0. The predicted molar refractivity (Wildman–Crippen MR) is 79.0 cm³/mol. The van der Waals surface area contributed by atoms with E-state index < -0.39 is 9.05 Å². The van der Waals surface area contributed by atoms with Crippen molar-refractivity contribution in [1.82, 2.24) is 0 Å². The third-order valence-electron chi connectivity index (χ3n) is 3.15. The minimum absolute atomic E-state index is 0.139. The average Bonchev–Trinajstić information content (AvgIpc) is 2.38. The maximum Gasteiger partial charge on any atom is 0.261 e. The van der Waals surface area contributed by atoms with E-state index in [0.717, 1.165) is 23.1 Å². The van der Waals surface area contributed by atoms with Crippen LogP contribution in [-0.2, 0) is 15.5 Å². The molecule has 0 fully saturated rings. The molecule has 0 aromatic heterocycles. The first-order valence-corrected chi connectivity index (χ1v) is 8.37.